The molecule has 0 unspecified atom stereocenters. The normalized spacial score (nSPS) is 24.5. The molecule has 92 valence electrons. The van der Waals surface area contributed by atoms with Crippen molar-refractivity contribution in [2.45, 2.75) is 44.9 Å². The second-order valence-electron chi connectivity index (χ2n) is 5.18. The fourth-order valence-electron chi connectivity index (χ4n) is 2.87. The fraction of sp³-hybridized carbons (Fsp3) is 0.533. The molecule has 1 aromatic rings. The minimum atomic E-state index is -0.760. The molecule has 0 bridgehead atoms. The Labute approximate surface area is 103 Å². The van der Waals surface area contributed by atoms with Crippen molar-refractivity contribution in [1.29, 1.82) is 0 Å². The molecular formula is C15H20O2. The lowest BCUT2D eigenvalue weighted by Gasteiger charge is -2.29. The van der Waals surface area contributed by atoms with Crippen LogP contribution >= 0.6 is 0 Å². The fourth-order valence-corrected chi connectivity index (χ4v) is 2.87. The van der Waals surface area contributed by atoms with Gasteiger partial charge < -0.3 is 5.11 Å². The summed E-state index contributed by atoms with van der Waals surface area (Å²) < 4.78 is 0. The Morgan fingerprint density at radius 3 is 2.47 bits per heavy atom. The van der Waals surface area contributed by atoms with E-state index < -0.39 is 5.97 Å². The molecule has 17 heavy (non-hydrogen) atoms. The van der Waals surface area contributed by atoms with E-state index >= 15 is 0 Å². The first kappa shape index (κ1) is 12.2. The Morgan fingerprint density at radius 1 is 1.24 bits per heavy atom. The van der Waals surface area contributed by atoms with E-state index in [4.69, 9.17) is 5.11 Å². The molecule has 0 radical (unpaired) electrons. The van der Waals surface area contributed by atoms with E-state index in [1.807, 2.05) is 12.1 Å². The second-order valence-corrected chi connectivity index (χ2v) is 5.18. The quantitative estimate of drug-likeness (QED) is 0.864. The highest BCUT2D eigenvalue weighted by Gasteiger charge is 2.22. The summed E-state index contributed by atoms with van der Waals surface area (Å²) in [5.74, 6) is 0.667. The molecule has 0 amide bonds. The molecule has 2 atom stereocenters. The van der Waals surface area contributed by atoms with Gasteiger partial charge in [-0.1, -0.05) is 50.5 Å². The van der Waals surface area contributed by atoms with E-state index in [1.54, 1.807) is 0 Å². The molecule has 0 spiro atoms. The first-order chi connectivity index (χ1) is 8.16. The Kier molecular flexibility index (Phi) is 3.82. The number of hydrogen-bond acceptors (Lipinski definition) is 1. The zero-order chi connectivity index (χ0) is 12.3. The maximum absolute atomic E-state index is 10.6. The van der Waals surface area contributed by atoms with E-state index in [1.165, 1.54) is 31.2 Å². The maximum atomic E-state index is 10.6. The smallest absolute Gasteiger partial charge is 0.307 e. The lowest BCUT2D eigenvalue weighted by atomic mass is 9.76. The average Bonchev–Trinajstić information content (AvgIpc) is 2.30. The molecule has 1 fully saturated rings. The van der Waals surface area contributed by atoms with Gasteiger partial charge in [0.25, 0.3) is 0 Å². The number of carboxylic acids is 1. The number of carbonyl (C=O) groups is 1. The molecule has 0 aliphatic heterocycles. The van der Waals surface area contributed by atoms with E-state index in [9.17, 15) is 4.79 Å². The van der Waals surface area contributed by atoms with Gasteiger partial charge in [-0.25, -0.2) is 0 Å². The van der Waals surface area contributed by atoms with Crippen LogP contribution in [0.1, 0.15) is 49.7 Å². The minimum absolute atomic E-state index is 0.125. The van der Waals surface area contributed by atoms with Crippen LogP contribution in [-0.4, -0.2) is 11.1 Å². The van der Waals surface area contributed by atoms with Gasteiger partial charge in [0.1, 0.15) is 0 Å². The molecule has 2 nitrogen and oxygen atoms in total. The molecule has 1 aromatic carbocycles. The Balaban J connectivity index is 2.08. The van der Waals surface area contributed by atoms with Crippen molar-refractivity contribution < 1.29 is 9.90 Å². The van der Waals surface area contributed by atoms with Gasteiger partial charge in [0.15, 0.2) is 0 Å². The predicted octanol–water partition coefficient (Wildman–Crippen LogP) is 3.61. The van der Waals surface area contributed by atoms with Crippen molar-refractivity contribution in [3.63, 3.8) is 0 Å². The van der Waals surface area contributed by atoms with Gasteiger partial charge in [-0.3, -0.25) is 4.79 Å². The van der Waals surface area contributed by atoms with Crippen LogP contribution in [0, 0.1) is 5.92 Å². The number of aliphatic carboxylic acids is 1. The van der Waals surface area contributed by atoms with Crippen LogP contribution in [0.4, 0.5) is 0 Å². The zero-order valence-corrected chi connectivity index (χ0v) is 10.4. The number of rotatable bonds is 3. The predicted molar refractivity (Wildman–Crippen MR) is 68.2 cm³/mol. The van der Waals surface area contributed by atoms with Crippen LogP contribution in [0.2, 0.25) is 0 Å². The molecule has 2 rings (SSSR count). The molecule has 1 aliphatic carbocycles. The average molecular weight is 232 g/mol. The number of hydrogen-bond donors (Lipinski definition) is 1. The summed E-state index contributed by atoms with van der Waals surface area (Å²) in [5.41, 5.74) is 2.27. The lowest BCUT2D eigenvalue weighted by molar-refractivity contribution is -0.136. The zero-order valence-electron chi connectivity index (χ0n) is 10.4. The molecular weight excluding hydrogens is 212 g/mol. The van der Waals surface area contributed by atoms with Crippen molar-refractivity contribution in [1.82, 2.24) is 0 Å². The van der Waals surface area contributed by atoms with Crippen LogP contribution in [-0.2, 0) is 11.2 Å². The van der Waals surface area contributed by atoms with Crippen LogP contribution in [0.5, 0.6) is 0 Å². The molecule has 0 heterocycles. The SMILES string of the molecule is C[C@@H]1CCCC[C@H]1c1ccc(CC(=O)O)cc1. The monoisotopic (exact) mass is 232 g/mol. The molecule has 2 heteroatoms. The highest BCUT2D eigenvalue weighted by Crippen LogP contribution is 2.37. The standard InChI is InChI=1S/C15H20O2/c1-11-4-2-3-5-14(11)13-8-6-12(7-9-13)10-15(16)17/h6-9,11,14H,2-5,10H2,1H3,(H,16,17)/t11-,14-/m1/s1. The Morgan fingerprint density at radius 2 is 1.88 bits per heavy atom. The summed E-state index contributed by atoms with van der Waals surface area (Å²) in [4.78, 5) is 10.6. The summed E-state index contributed by atoms with van der Waals surface area (Å²) in [7, 11) is 0. The Bertz CT molecular complexity index is 380. The number of benzene rings is 1. The van der Waals surface area contributed by atoms with Crippen LogP contribution in [0.15, 0.2) is 24.3 Å². The molecule has 1 aliphatic rings. The lowest BCUT2D eigenvalue weighted by Crippen LogP contribution is -2.14. The summed E-state index contributed by atoms with van der Waals surface area (Å²) >= 11 is 0. The van der Waals surface area contributed by atoms with Gasteiger partial charge in [-0.05, 0) is 29.4 Å². The van der Waals surface area contributed by atoms with Crippen molar-refractivity contribution in [2.75, 3.05) is 0 Å². The summed E-state index contributed by atoms with van der Waals surface area (Å²) in [6.07, 6.45) is 5.40. The van der Waals surface area contributed by atoms with Gasteiger partial charge in [-0.15, -0.1) is 0 Å². The summed E-state index contributed by atoms with van der Waals surface area (Å²) in [6, 6.07) is 8.16. The van der Waals surface area contributed by atoms with Crippen LogP contribution in [0.25, 0.3) is 0 Å². The first-order valence-electron chi connectivity index (χ1n) is 6.47. The van der Waals surface area contributed by atoms with Crippen molar-refractivity contribution in [3.05, 3.63) is 35.4 Å². The summed E-state index contributed by atoms with van der Waals surface area (Å²) in [5, 5.41) is 8.73. The third-order valence-electron chi connectivity index (χ3n) is 3.87. The maximum Gasteiger partial charge on any atom is 0.307 e. The van der Waals surface area contributed by atoms with Crippen molar-refractivity contribution >= 4 is 5.97 Å². The molecule has 0 saturated heterocycles. The van der Waals surface area contributed by atoms with E-state index in [2.05, 4.69) is 19.1 Å². The largest absolute Gasteiger partial charge is 0.481 e. The third kappa shape index (κ3) is 3.09. The van der Waals surface area contributed by atoms with Gasteiger partial charge in [0, 0.05) is 0 Å². The highest BCUT2D eigenvalue weighted by molar-refractivity contribution is 5.70. The van der Waals surface area contributed by atoms with E-state index in [-0.39, 0.29) is 6.42 Å². The number of carboxylic acid groups (broad SMARTS) is 1. The Hall–Kier alpha value is -1.31. The molecule has 1 saturated carbocycles. The minimum Gasteiger partial charge on any atom is -0.481 e. The van der Waals surface area contributed by atoms with Gasteiger partial charge >= 0.3 is 5.97 Å². The first-order valence-corrected chi connectivity index (χ1v) is 6.47. The van der Waals surface area contributed by atoms with E-state index in [0.29, 0.717) is 5.92 Å². The van der Waals surface area contributed by atoms with Crippen LogP contribution < -0.4 is 0 Å². The third-order valence-corrected chi connectivity index (χ3v) is 3.87. The van der Waals surface area contributed by atoms with Gasteiger partial charge in [-0.2, -0.15) is 0 Å². The molecule has 1 N–H and O–H groups in total. The van der Waals surface area contributed by atoms with E-state index in [0.717, 1.165) is 11.5 Å². The highest BCUT2D eigenvalue weighted by atomic mass is 16.4. The van der Waals surface area contributed by atoms with Crippen molar-refractivity contribution in [2.24, 2.45) is 5.92 Å². The topological polar surface area (TPSA) is 37.3 Å². The van der Waals surface area contributed by atoms with Gasteiger partial charge in [0.05, 0.1) is 6.42 Å². The van der Waals surface area contributed by atoms with Crippen LogP contribution in [0.3, 0.4) is 0 Å². The van der Waals surface area contributed by atoms with Crippen molar-refractivity contribution in [3.8, 4) is 0 Å². The second kappa shape index (κ2) is 5.35. The van der Waals surface area contributed by atoms with Gasteiger partial charge in [0.2, 0.25) is 0 Å². The molecule has 0 aromatic heterocycles. The summed E-state index contributed by atoms with van der Waals surface area (Å²) in [6.45, 7) is 2.33.